The molecule has 1 heterocycles. The maximum Gasteiger partial charge on any atom is 0.320 e. The predicted molar refractivity (Wildman–Crippen MR) is 69.6 cm³/mol. The first kappa shape index (κ1) is 13.2. The number of hydrogen-bond acceptors (Lipinski definition) is 4. The molecule has 3 N–H and O–H groups in total. The van der Waals surface area contributed by atoms with Gasteiger partial charge in [-0.3, -0.25) is 4.79 Å². The molecular weight excluding hydrogens is 244 g/mol. The van der Waals surface area contributed by atoms with Gasteiger partial charge in [0.2, 0.25) is 0 Å². The quantitative estimate of drug-likeness (QED) is 0.820. The van der Waals surface area contributed by atoms with Gasteiger partial charge in [-0.25, -0.2) is 4.68 Å². The third kappa shape index (κ3) is 3.62. The van der Waals surface area contributed by atoms with Crippen LogP contribution in [-0.2, 0) is 17.8 Å². The minimum Gasteiger partial charge on any atom is -0.480 e. The lowest BCUT2D eigenvalue weighted by Gasteiger charge is -2.02. The maximum atomic E-state index is 10.7. The van der Waals surface area contributed by atoms with Crippen molar-refractivity contribution >= 4 is 5.97 Å². The molecule has 0 bridgehead atoms. The van der Waals surface area contributed by atoms with Crippen molar-refractivity contribution in [3.05, 3.63) is 47.3 Å². The van der Waals surface area contributed by atoms with Gasteiger partial charge in [-0.15, -0.1) is 5.10 Å². The lowest BCUT2D eigenvalue weighted by Crippen LogP contribution is -2.32. The minimum absolute atomic E-state index is 0.184. The number of rotatable bonds is 5. The average Bonchev–Trinajstić information content (AvgIpc) is 2.76. The minimum atomic E-state index is -1.03. The number of carboxylic acids is 1. The zero-order chi connectivity index (χ0) is 13.8. The van der Waals surface area contributed by atoms with Crippen LogP contribution >= 0.6 is 0 Å². The molecular formula is C13H16N4O2. The fraction of sp³-hybridized carbons (Fsp3) is 0.308. The molecule has 6 heteroatoms. The topological polar surface area (TPSA) is 94.0 Å². The Bertz CT molecular complexity index is 580. The summed E-state index contributed by atoms with van der Waals surface area (Å²) in [4.78, 5) is 10.7. The van der Waals surface area contributed by atoms with E-state index < -0.39 is 12.0 Å². The van der Waals surface area contributed by atoms with Gasteiger partial charge in [-0.05, 0) is 12.5 Å². The van der Waals surface area contributed by atoms with Gasteiger partial charge < -0.3 is 10.8 Å². The molecule has 0 amide bonds. The summed E-state index contributed by atoms with van der Waals surface area (Å²) in [6.45, 7) is 2.64. The van der Waals surface area contributed by atoms with Gasteiger partial charge in [-0.1, -0.05) is 35.0 Å². The van der Waals surface area contributed by atoms with Crippen molar-refractivity contribution in [2.75, 3.05) is 0 Å². The summed E-state index contributed by atoms with van der Waals surface area (Å²) >= 11 is 0. The van der Waals surface area contributed by atoms with Crippen molar-refractivity contribution in [1.29, 1.82) is 0 Å². The lowest BCUT2D eigenvalue weighted by atomic mass is 10.1. The number of carboxylic acid groups (broad SMARTS) is 1. The van der Waals surface area contributed by atoms with E-state index in [4.69, 9.17) is 10.8 Å². The Morgan fingerprint density at radius 1 is 1.53 bits per heavy atom. The highest BCUT2D eigenvalue weighted by atomic mass is 16.4. The summed E-state index contributed by atoms with van der Waals surface area (Å²) < 4.78 is 1.68. The molecule has 0 saturated heterocycles. The Morgan fingerprint density at radius 2 is 2.32 bits per heavy atom. The van der Waals surface area contributed by atoms with Crippen LogP contribution in [0.1, 0.15) is 16.8 Å². The van der Waals surface area contributed by atoms with Crippen molar-refractivity contribution in [2.45, 2.75) is 25.9 Å². The molecule has 0 aliphatic rings. The van der Waals surface area contributed by atoms with Crippen LogP contribution in [0.4, 0.5) is 0 Å². The SMILES string of the molecule is Cc1cccc(Cn2cc(CC(N)C(=O)O)nn2)c1. The van der Waals surface area contributed by atoms with Crippen LogP contribution in [0.5, 0.6) is 0 Å². The van der Waals surface area contributed by atoms with Crippen molar-refractivity contribution in [3.8, 4) is 0 Å². The molecule has 0 spiro atoms. The molecule has 100 valence electrons. The summed E-state index contributed by atoms with van der Waals surface area (Å²) in [5.74, 6) is -1.03. The molecule has 0 radical (unpaired) electrons. The number of nitrogens with two attached hydrogens (primary N) is 1. The summed E-state index contributed by atoms with van der Waals surface area (Å²) in [7, 11) is 0. The zero-order valence-electron chi connectivity index (χ0n) is 10.7. The predicted octanol–water partition coefficient (Wildman–Crippen LogP) is 0.589. The Kier molecular flexibility index (Phi) is 3.91. The van der Waals surface area contributed by atoms with E-state index in [1.807, 2.05) is 25.1 Å². The molecule has 6 nitrogen and oxygen atoms in total. The zero-order valence-corrected chi connectivity index (χ0v) is 10.7. The van der Waals surface area contributed by atoms with Crippen LogP contribution in [0.25, 0.3) is 0 Å². The van der Waals surface area contributed by atoms with E-state index in [0.717, 1.165) is 5.56 Å². The fourth-order valence-corrected chi connectivity index (χ4v) is 1.82. The highest BCUT2D eigenvalue weighted by Crippen LogP contribution is 2.06. The highest BCUT2D eigenvalue weighted by molar-refractivity contribution is 5.73. The van der Waals surface area contributed by atoms with Crippen LogP contribution in [0, 0.1) is 6.92 Å². The van der Waals surface area contributed by atoms with E-state index in [2.05, 4.69) is 16.4 Å². The number of nitrogens with zero attached hydrogens (tertiary/aromatic N) is 3. The van der Waals surface area contributed by atoms with Gasteiger partial charge in [0.15, 0.2) is 0 Å². The van der Waals surface area contributed by atoms with Crippen LogP contribution < -0.4 is 5.73 Å². The molecule has 19 heavy (non-hydrogen) atoms. The molecule has 0 saturated carbocycles. The summed E-state index contributed by atoms with van der Waals surface area (Å²) in [6.07, 6.45) is 1.91. The second kappa shape index (κ2) is 5.62. The standard InChI is InChI=1S/C13H16N4O2/c1-9-3-2-4-10(5-9)7-17-8-11(15-16-17)6-12(14)13(18)19/h2-5,8,12H,6-7,14H2,1H3,(H,18,19). The van der Waals surface area contributed by atoms with Crippen molar-refractivity contribution in [3.63, 3.8) is 0 Å². The van der Waals surface area contributed by atoms with Crippen LogP contribution in [0.2, 0.25) is 0 Å². The van der Waals surface area contributed by atoms with E-state index in [1.165, 1.54) is 5.56 Å². The lowest BCUT2D eigenvalue weighted by molar-refractivity contribution is -0.138. The van der Waals surface area contributed by atoms with Gasteiger partial charge in [0, 0.05) is 12.6 Å². The normalized spacial score (nSPS) is 12.3. The molecule has 1 unspecified atom stereocenters. The number of aliphatic carboxylic acids is 1. The van der Waals surface area contributed by atoms with Crippen molar-refractivity contribution in [2.24, 2.45) is 5.73 Å². The molecule has 0 aliphatic heterocycles. The third-order valence-corrected chi connectivity index (χ3v) is 2.76. The smallest absolute Gasteiger partial charge is 0.320 e. The number of aryl methyl sites for hydroxylation is 1. The summed E-state index contributed by atoms with van der Waals surface area (Å²) in [5.41, 5.74) is 8.35. The Hall–Kier alpha value is -2.21. The number of benzene rings is 1. The molecule has 0 fully saturated rings. The van der Waals surface area contributed by atoms with E-state index in [0.29, 0.717) is 12.2 Å². The fourth-order valence-electron chi connectivity index (χ4n) is 1.82. The first-order valence-electron chi connectivity index (χ1n) is 5.97. The van der Waals surface area contributed by atoms with Crippen molar-refractivity contribution in [1.82, 2.24) is 15.0 Å². The highest BCUT2D eigenvalue weighted by Gasteiger charge is 2.14. The van der Waals surface area contributed by atoms with Gasteiger partial charge in [0.05, 0.1) is 12.2 Å². The van der Waals surface area contributed by atoms with Crippen LogP contribution in [-0.4, -0.2) is 32.1 Å². The van der Waals surface area contributed by atoms with Crippen LogP contribution in [0.15, 0.2) is 30.5 Å². The first-order chi connectivity index (χ1) is 9.04. The van der Waals surface area contributed by atoms with Gasteiger partial charge in [-0.2, -0.15) is 0 Å². The molecule has 1 atom stereocenters. The molecule has 2 aromatic rings. The van der Waals surface area contributed by atoms with E-state index in [9.17, 15) is 4.79 Å². The average molecular weight is 260 g/mol. The van der Waals surface area contributed by atoms with Gasteiger partial charge in [0.1, 0.15) is 6.04 Å². The second-order valence-corrected chi connectivity index (χ2v) is 4.55. The number of aromatic nitrogens is 3. The number of carbonyl (C=O) groups is 1. The Labute approximate surface area is 110 Å². The second-order valence-electron chi connectivity index (χ2n) is 4.55. The first-order valence-corrected chi connectivity index (χ1v) is 5.97. The van der Waals surface area contributed by atoms with E-state index in [1.54, 1.807) is 10.9 Å². The number of hydrogen-bond donors (Lipinski definition) is 2. The van der Waals surface area contributed by atoms with Crippen molar-refractivity contribution < 1.29 is 9.90 Å². The van der Waals surface area contributed by atoms with E-state index in [-0.39, 0.29) is 6.42 Å². The van der Waals surface area contributed by atoms with E-state index >= 15 is 0 Å². The van der Waals surface area contributed by atoms with Crippen LogP contribution in [0.3, 0.4) is 0 Å². The Morgan fingerprint density at radius 3 is 3.00 bits per heavy atom. The Balaban J connectivity index is 2.03. The largest absolute Gasteiger partial charge is 0.480 e. The maximum absolute atomic E-state index is 10.7. The van der Waals surface area contributed by atoms with Gasteiger partial charge >= 0.3 is 5.97 Å². The van der Waals surface area contributed by atoms with Gasteiger partial charge in [0.25, 0.3) is 0 Å². The summed E-state index contributed by atoms with van der Waals surface area (Å²) in [6, 6.07) is 7.16. The molecule has 0 aliphatic carbocycles. The third-order valence-electron chi connectivity index (χ3n) is 2.76. The summed E-state index contributed by atoms with van der Waals surface area (Å²) in [5, 5.41) is 16.6. The molecule has 1 aromatic carbocycles. The monoisotopic (exact) mass is 260 g/mol. The molecule has 1 aromatic heterocycles. The molecule has 2 rings (SSSR count).